The zero-order valence-electron chi connectivity index (χ0n) is 6.82. The second kappa shape index (κ2) is 5.29. The fourth-order valence-electron chi connectivity index (χ4n) is 0.710. The predicted octanol–water partition coefficient (Wildman–Crippen LogP) is 0.821. The Morgan fingerprint density at radius 3 is 2.50 bits per heavy atom. The molecule has 0 aromatic heterocycles. The van der Waals surface area contributed by atoms with Crippen LogP contribution in [-0.4, -0.2) is 28.2 Å². The topological polar surface area (TPSA) is 18.5 Å². The lowest BCUT2D eigenvalue weighted by Crippen LogP contribution is -2.31. The first-order valence-corrected chi connectivity index (χ1v) is 5.37. The molecule has 0 aromatic rings. The van der Waals surface area contributed by atoms with E-state index in [0.717, 1.165) is 22.2 Å². The van der Waals surface area contributed by atoms with Crippen LogP contribution in [0.4, 0.5) is 0 Å². The van der Waals surface area contributed by atoms with Crippen LogP contribution in [0.2, 0.25) is 0 Å². The van der Waals surface area contributed by atoms with E-state index in [0.29, 0.717) is 6.61 Å². The van der Waals surface area contributed by atoms with Gasteiger partial charge in [-0.2, -0.15) is 0 Å². The number of alkyl halides is 1. The normalized spacial score (nSPS) is 17.1. The first-order chi connectivity index (χ1) is 4.68. The molecule has 0 aromatic carbocycles. The van der Waals surface area contributed by atoms with Crippen molar-refractivity contribution in [1.82, 2.24) is 0 Å². The molecule has 2 nitrogen and oxygen atoms in total. The molecule has 0 amide bonds. The summed E-state index contributed by atoms with van der Waals surface area (Å²) in [6, 6.07) is 0. The molecule has 1 atom stereocenters. The van der Waals surface area contributed by atoms with Gasteiger partial charge in [0.15, 0.2) is 5.79 Å². The molecular formula is C6H15BrO2Si. The van der Waals surface area contributed by atoms with E-state index in [1.54, 1.807) is 0 Å². The van der Waals surface area contributed by atoms with E-state index in [4.69, 9.17) is 9.16 Å². The van der Waals surface area contributed by atoms with Crippen molar-refractivity contribution in [1.29, 1.82) is 0 Å². The lowest BCUT2D eigenvalue weighted by molar-refractivity contribution is -0.165. The summed E-state index contributed by atoms with van der Waals surface area (Å²) >= 11 is 3.35. The van der Waals surface area contributed by atoms with Crippen molar-refractivity contribution in [2.24, 2.45) is 0 Å². The Balaban J connectivity index is 3.69. The van der Waals surface area contributed by atoms with Gasteiger partial charge in [0.25, 0.3) is 0 Å². The Kier molecular flexibility index (Phi) is 5.62. The van der Waals surface area contributed by atoms with Crippen LogP contribution in [0.5, 0.6) is 0 Å². The lowest BCUT2D eigenvalue weighted by Gasteiger charge is -2.27. The zero-order chi connectivity index (χ0) is 8.04. The van der Waals surface area contributed by atoms with Gasteiger partial charge in [0.05, 0.1) is 0 Å². The average Bonchev–Trinajstić information content (AvgIpc) is 1.89. The van der Waals surface area contributed by atoms with E-state index in [-0.39, 0.29) is 5.79 Å². The average molecular weight is 227 g/mol. The summed E-state index contributed by atoms with van der Waals surface area (Å²) in [5, 5.41) is 0.922. The SMILES string of the molecule is CCOC(C)(CCBr)O[SiH3]. The van der Waals surface area contributed by atoms with Crippen LogP contribution in [0.15, 0.2) is 0 Å². The van der Waals surface area contributed by atoms with Gasteiger partial charge in [-0.15, -0.1) is 0 Å². The molecular weight excluding hydrogens is 212 g/mol. The quantitative estimate of drug-likeness (QED) is 0.393. The molecule has 0 fully saturated rings. The monoisotopic (exact) mass is 226 g/mol. The number of hydrogen-bond donors (Lipinski definition) is 0. The third kappa shape index (κ3) is 3.70. The first kappa shape index (κ1) is 10.6. The molecule has 0 saturated carbocycles. The highest BCUT2D eigenvalue weighted by molar-refractivity contribution is 9.09. The minimum atomic E-state index is -0.343. The van der Waals surface area contributed by atoms with Gasteiger partial charge in [-0.25, -0.2) is 0 Å². The Bertz CT molecular complexity index is 83.8. The van der Waals surface area contributed by atoms with Crippen molar-refractivity contribution in [3.05, 3.63) is 0 Å². The molecule has 0 bridgehead atoms. The molecule has 0 spiro atoms. The second-order valence-electron chi connectivity index (χ2n) is 2.21. The van der Waals surface area contributed by atoms with Crippen LogP contribution in [0, 0.1) is 0 Å². The van der Waals surface area contributed by atoms with Crippen molar-refractivity contribution in [3.63, 3.8) is 0 Å². The summed E-state index contributed by atoms with van der Waals surface area (Å²) < 4.78 is 10.7. The molecule has 0 rings (SSSR count). The number of ether oxygens (including phenoxy) is 1. The van der Waals surface area contributed by atoms with Crippen molar-refractivity contribution < 1.29 is 9.16 Å². The third-order valence-corrected chi connectivity index (χ3v) is 2.69. The fourth-order valence-corrected chi connectivity index (χ4v) is 1.75. The van der Waals surface area contributed by atoms with Crippen LogP contribution < -0.4 is 0 Å². The van der Waals surface area contributed by atoms with Crippen LogP contribution in [0.1, 0.15) is 20.3 Å². The lowest BCUT2D eigenvalue weighted by atomic mass is 10.2. The maximum absolute atomic E-state index is 5.40. The van der Waals surface area contributed by atoms with E-state index in [2.05, 4.69) is 15.9 Å². The predicted molar refractivity (Wildman–Crippen MR) is 49.5 cm³/mol. The van der Waals surface area contributed by atoms with Gasteiger partial charge in [0.1, 0.15) is 10.5 Å². The van der Waals surface area contributed by atoms with Crippen LogP contribution in [0.3, 0.4) is 0 Å². The smallest absolute Gasteiger partial charge is 0.155 e. The summed E-state index contributed by atoms with van der Waals surface area (Å²) in [5.41, 5.74) is 0. The van der Waals surface area contributed by atoms with E-state index in [1.165, 1.54) is 0 Å². The molecule has 1 unspecified atom stereocenters. The molecule has 0 heterocycles. The molecule has 4 heteroatoms. The zero-order valence-corrected chi connectivity index (χ0v) is 10.4. The third-order valence-electron chi connectivity index (χ3n) is 1.43. The molecule has 0 N–H and O–H groups in total. The molecule has 0 aliphatic heterocycles. The Hall–Kier alpha value is 0.617. The Morgan fingerprint density at radius 2 is 2.20 bits per heavy atom. The minimum Gasteiger partial charge on any atom is -0.402 e. The second-order valence-corrected chi connectivity index (χ2v) is 3.41. The summed E-state index contributed by atoms with van der Waals surface area (Å²) in [6.07, 6.45) is 0.907. The molecule has 0 radical (unpaired) electrons. The van der Waals surface area contributed by atoms with Crippen LogP contribution in [-0.2, 0) is 9.16 Å². The minimum absolute atomic E-state index is 0.343. The van der Waals surface area contributed by atoms with Crippen molar-refractivity contribution in [2.45, 2.75) is 26.1 Å². The maximum atomic E-state index is 5.40. The standard InChI is InChI=1S/C6H15BrO2Si/c1-3-8-6(2,9-10)4-5-7/h3-5H2,1-2,10H3. The van der Waals surface area contributed by atoms with E-state index < -0.39 is 0 Å². The summed E-state index contributed by atoms with van der Waals surface area (Å²) in [6.45, 7) is 4.67. The highest BCUT2D eigenvalue weighted by atomic mass is 79.9. The van der Waals surface area contributed by atoms with E-state index in [1.807, 2.05) is 13.8 Å². The van der Waals surface area contributed by atoms with Gasteiger partial charge in [0.2, 0.25) is 0 Å². The number of rotatable bonds is 5. The van der Waals surface area contributed by atoms with Gasteiger partial charge in [-0.1, -0.05) is 15.9 Å². The number of halogens is 1. The molecule has 0 aliphatic carbocycles. The molecule has 10 heavy (non-hydrogen) atoms. The van der Waals surface area contributed by atoms with Gasteiger partial charge < -0.3 is 9.16 Å². The Morgan fingerprint density at radius 1 is 1.60 bits per heavy atom. The van der Waals surface area contributed by atoms with E-state index in [9.17, 15) is 0 Å². The molecule has 62 valence electrons. The van der Waals surface area contributed by atoms with Crippen molar-refractivity contribution in [2.75, 3.05) is 11.9 Å². The van der Waals surface area contributed by atoms with Crippen LogP contribution in [0.25, 0.3) is 0 Å². The van der Waals surface area contributed by atoms with E-state index >= 15 is 0 Å². The Labute approximate surface area is 74.0 Å². The molecule has 0 aliphatic rings. The highest BCUT2D eigenvalue weighted by Gasteiger charge is 2.21. The van der Waals surface area contributed by atoms with Crippen molar-refractivity contribution >= 4 is 26.4 Å². The fraction of sp³-hybridized carbons (Fsp3) is 1.00. The summed E-state index contributed by atoms with van der Waals surface area (Å²) in [4.78, 5) is 0. The van der Waals surface area contributed by atoms with Crippen LogP contribution >= 0.6 is 15.9 Å². The van der Waals surface area contributed by atoms with Gasteiger partial charge >= 0.3 is 0 Å². The first-order valence-electron chi connectivity index (χ1n) is 3.43. The van der Waals surface area contributed by atoms with Gasteiger partial charge in [-0.05, 0) is 13.8 Å². The largest absolute Gasteiger partial charge is 0.402 e. The van der Waals surface area contributed by atoms with Crippen molar-refractivity contribution in [3.8, 4) is 0 Å². The highest BCUT2D eigenvalue weighted by Crippen LogP contribution is 2.16. The number of hydrogen-bond acceptors (Lipinski definition) is 2. The maximum Gasteiger partial charge on any atom is 0.155 e. The summed E-state index contributed by atoms with van der Waals surface area (Å²) in [7, 11) is 0.729. The van der Waals surface area contributed by atoms with Gasteiger partial charge in [-0.3, -0.25) is 0 Å². The van der Waals surface area contributed by atoms with Gasteiger partial charge in [0, 0.05) is 18.4 Å². The molecule has 0 saturated heterocycles. The summed E-state index contributed by atoms with van der Waals surface area (Å²) in [5.74, 6) is -0.343.